The minimum absolute atomic E-state index is 0.00879. The Kier molecular flexibility index (Phi) is 5.51. The zero-order valence-electron chi connectivity index (χ0n) is 16.0. The van der Waals surface area contributed by atoms with Crippen molar-refractivity contribution in [2.24, 2.45) is 0 Å². The molecule has 2 aromatic heterocycles. The number of benzene rings is 1. The Balaban J connectivity index is 1.50. The molecule has 0 unspecified atom stereocenters. The topological polar surface area (TPSA) is 55.2 Å². The molecular formula is C23H25N3O2. The molecule has 0 N–H and O–H groups in total. The molecule has 0 radical (unpaired) electrons. The van der Waals surface area contributed by atoms with Gasteiger partial charge in [0.25, 0.3) is 0 Å². The van der Waals surface area contributed by atoms with E-state index in [1.807, 2.05) is 58.1 Å². The molecule has 3 heterocycles. The summed E-state index contributed by atoms with van der Waals surface area (Å²) in [4.78, 5) is 31.7. The standard InChI is InChI=1S/C23H25N3O2/c27-22-13-16-25(21-10-2-1-9-20(21)22)17-23(28)26-15-6-4-8-19(26)12-11-18-7-3-5-14-24-18/h1-3,5,7,9-10,13-14,16,19H,4,6,8,11-12,15,17H2/t19-/m1/s1. The average Bonchev–Trinajstić information content (AvgIpc) is 2.75. The van der Waals surface area contributed by atoms with Crippen LogP contribution in [0.5, 0.6) is 0 Å². The van der Waals surface area contributed by atoms with Crippen LogP contribution in [0.15, 0.2) is 65.7 Å². The maximum Gasteiger partial charge on any atom is 0.242 e. The largest absolute Gasteiger partial charge is 0.338 e. The van der Waals surface area contributed by atoms with Gasteiger partial charge in [-0.1, -0.05) is 18.2 Å². The SMILES string of the molecule is O=C(Cn1ccc(=O)c2ccccc21)N1CCCC[C@@H]1CCc1ccccn1. The van der Waals surface area contributed by atoms with Gasteiger partial charge in [-0.2, -0.15) is 0 Å². The molecule has 1 saturated heterocycles. The van der Waals surface area contributed by atoms with Crippen molar-refractivity contribution in [2.75, 3.05) is 6.54 Å². The van der Waals surface area contributed by atoms with Crippen molar-refractivity contribution >= 4 is 16.8 Å². The number of pyridine rings is 2. The van der Waals surface area contributed by atoms with E-state index in [1.165, 1.54) is 0 Å². The lowest BCUT2D eigenvalue weighted by molar-refractivity contribution is -0.135. The van der Waals surface area contributed by atoms with Gasteiger partial charge in [0.1, 0.15) is 6.54 Å². The second-order valence-electron chi connectivity index (χ2n) is 7.42. The van der Waals surface area contributed by atoms with Gasteiger partial charge in [0.2, 0.25) is 5.91 Å². The van der Waals surface area contributed by atoms with Gasteiger partial charge in [-0.15, -0.1) is 0 Å². The fourth-order valence-electron chi connectivity index (χ4n) is 4.12. The van der Waals surface area contributed by atoms with E-state index in [1.54, 1.807) is 12.3 Å². The fourth-order valence-corrected chi connectivity index (χ4v) is 4.12. The van der Waals surface area contributed by atoms with Gasteiger partial charge in [0.05, 0.1) is 5.52 Å². The van der Waals surface area contributed by atoms with Gasteiger partial charge >= 0.3 is 0 Å². The molecule has 1 aliphatic rings. The highest BCUT2D eigenvalue weighted by atomic mass is 16.2. The third kappa shape index (κ3) is 3.98. The Morgan fingerprint density at radius 3 is 2.79 bits per heavy atom. The predicted octanol–water partition coefficient (Wildman–Crippen LogP) is 3.41. The van der Waals surface area contributed by atoms with E-state index in [2.05, 4.69) is 4.98 Å². The first-order valence-corrected chi connectivity index (χ1v) is 10.00. The van der Waals surface area contributed by atoms with Gasteiger partial charge in [0.15, 0.2) is 5.43 Å². The zero-order valence-corrected chi connectivity index (χ0v) is 16.0. The summed E-state index contributed by atoms with van der Waals surface area (Å²) in [5.41, 5.74) is 1.88. The molecule has 5 heteroatoms. The summed E-state index contributed by atoms with van der Waals surface area (Å²) in [5, 5.41) is 0.656. The van der Waals surface area contributed by atoms with Crippen LogP contribution >= 0.6 is 0 Å². The van der Waals surface area contributed by atoms with Crippen LogP contribution in [0.2, 0.25) is 0 Å². The molecule has 0 aliphatic carbocycles. The smallest absolute Gasteiger partial charge is 0.242 e. The number of piperidine rings is 1. The minimum atomic E-state index is -0.00879. The maximum atomic E-state index is 13.1. The fraction of sp³-hybridized carbons (Fsp3) is 0.348. The van der Waals surface area contributed by atoms with Crippen LogP contribution in [-0.2, 0) is 17.8 Å². The zero-order chi connectivity index (χ0) is 19.3. The Hall–Kier alpha value is -2.95. The van der Waals surface area contributed by atoms with Gasteiger partial charge in [-0.25, -0.2) is 0 Å². The van der Waals surface area contributed by atoms with Gasteiger partial charge in [-0.3, -0.25) is 14.6 Å². The molecule has 144 valence electrons. The van der Waals surface area contributed by atoms with E-state index in [4.69, 9.17) is 0 Å². The molecule has 5 nitrogen and oxygen atoms in total. The third-order valence-electron chi connectivity index (χ3n) is 5.60. The summed E-state index contributed by atoms with van der Waals surface area (Å²) in [6, 6.07) is 15.3. The molecule has 3 aromatic rings. The lowest BCUT2D eigenvalue weighted by Crippen LogP contribution is -2.45. The summed E-state index contributed by atoms with van der Waals surface area (Å²) < 4.78 is 1.89. The molecular weight excluding hydrogens is 350 g/mol. The molecule has 1 atom stereocenters. The maximum absolute atomic E-state index is 13.1. The van der Waals surface area contributed by atoms with Crippen molar-refractivity contribution < 1.29 is 4.79 Å². The van der Waals surface area contributed by atoms with Crippen LogP contribution in [0.1, 0.15) is 31.4 Å². The van der Waals surface area contributed by atoms with Crippen molar-refractivity contribution in [3.05, 3.63) is 76.8 Å². The van der Waals surface area contributed by atoms with E-state index in [-0.39, 0.29) is 23.9 Å². The summed E-state index contributed by atoms with van der Waals surface area (Å²) in [7, 11) is 0. The highest BCUT2D eigenvalue weighted by Gasteiger charge is 2.26. The van der Waals surface area contributed by atoms with E-state index < -0.39 is 0 Å². The van der Waals surface area contributed by atoms with Crippen LogP contribution < -0.4 is 5.43 Å². The number of amides is 1. The first kappa shape index (κ1) is 18.4. The first-order chi connectivity index (χ1) is 13.7. The number of aromatic nitrogens is 2. The molecule has 0 saturated carbocycles. The molecule has 28 heavy (non-hydrogen) atoms. The van der Waals surface area contributed by atoms with E-state index in [0.717, 1.165) is 49.9 Å². The van der Waals surface area contributed by atoms with E-state index in [9.17, 15) is 9.59 Å². The van der Waals surface area contributed by atoms with Crippen LogP contribution in [0, 0.1) is 0 Å². The van der Waals surface area contributed by atoms with Crippen molar-refractivity contribution in [1.29, 1.82) is 0 Å². The van der Waals surface area contributed by atoms with Crippen molar-refractivity contribution in [3.63, 3.8) is 0 Å². The highest BCUT2D eigenvalue weighted by molar-refractivity contribution is 5.82. The number of para-hydroxylation sites is 1. The first-order valence-electron chi connectivity index (χ1n) is 10.00. The Morgan fingerprint density at radius 2 is 1.93 bits per heavy atom. The molecule has 1 amide bonds. The van der Waals surface area contributed by atoms with Crippen LogP contribution in [0.25, 0.3) is 10.9 Å². The number of likely N-dealkylation sites (tertiary alicyclic amines) is 1. The molecule has 0 bridgehead atoms. The number of hydrogen-bond donors (Lipinski definition) is 0. The monoisotopic (exact) mass is 375 g/mol. The summed E-state index contributed by atoms with van der Waals surface area (Å²) in [6.45, 7) is 1.07. The van der Waals surface area contributed by atoms with E-state index in [0.29, 0.717) is 5.39 Å². The van der Waals surface area contributed by atoms with Crippen LogP contribution in [0.3, 0.4) is 0 Å². The Bertz CT molecular complexity index is 1010. The molecule has 1 aromatic carbocycles. The molecule has 0 spiro atoms. The molecule has 1 fully saturated rings. The number of carbonyl (C=O) groups excluding carboxylic acids is 1. The minimum Gasteiger partial charge on any atom is -0.338 e. The quantitative estimate of drug-likeness (QED) is 0.687. The van der Waals surface area contributed by atoms with Crippen molar-refractivity contribution in [3.8, 4) is 0 Å². The Labute approximate surface area is 164 Å². The number of rotatable bonds is 5. The van der Waals surface area contributed by atoms with Crippen molar-refractivity contribution in [2.45, 2.75) is 44.7 Å². The third-order valence-corrected chi connectivity index (χ3v) is 5.60. The summed E-state index contributed by atoms with van der Waals surface area (Å²) >= 11 is 0. The van der Waals surface area contributed by atoms with Gasteiger partial charge < -0.3 is 9.47 Å². The van der Waals surface area contributed by atoms with Gasteiger partial charge in [0, 0.05) is 42.1 Å². The van der Waals surface area contributed by atoms with E-state index >= 15 is 0 Å². The predicted molar refractivity (Wildman–Crippen MR) is 110 cm³/mol. The van der Waals surface area contributed by atoms with Crippen molar-refractivity contribution in [1.82, 2.24) is 14.5 Å². The van der Waals surface area contributed by atoms with Gasteiger partial charge in [-0.05, 0) is 56.4 Å². The number of aryl methyl sites for hydroxylation is 1. The lowest BCUT2D eigenvalue weighted by Gasteiger charge is -2.36. The normalized spacial score (nSPS) is 17.0. The highest BCUT2D eigenvalue weighted by Crippen LogP contribution is 2.22. The van der Waals surface area contributed by atoms with Crippen LogP contribution in [-0.4, -0.2) is 32.9 Å². The summed E-state index contributed by atoms with van der Waals surface area (Å²) in [6.07, 6.45) is 8.64. The molecule has 4 rings (SSSR count). The number of fused-ring (bicyclic) bond motifs is 1. The Morgan fingerprint density at radius 1 is 1.07 bits per heavy atom. The number of hydrogen-bond acceptors (Lipinski definition) is 3. The second-order valence-corrected chi connectivity index (χ2v) is 7.42. The lowest BCUT2D eigenvalue weighted by atomic mass is 9.97. The number of nitrogens with zero attached hydrogens (tertiary/aromatic N) is 3. The second kappa shape index (κ2) is 8.38. The summed E-state index contributed by atoms with van der Waals surface area (Å²) in [5.74, 6) is 0.125. The van der Waals surface area contributed by atoms with Crippen LogP contribution in [0.4, 0.5) is 0 Å². The number of carbonyl (C=O) groups is 1. The molecule has 1 aliphatic heterocycles. The average molecular weight is 375 g/mol.